The Labute approximate surface area is 143 Å². The van der Waals surface area contributed by atoms with Crippen LogP contribution < -0.4 is 5.73 Å². The Morgan fingerprint density at radius 3 is 2.42 bits per heavy atom. The standard InChI is InChI=1S/C19H24N4O/c20-18(16-6-2-1-3-7-16)14-19(24)23-12-10-22(11-13-23)15-17-8-4-5-9-21-17/h1-9,18H,10-15,20H2. The summed E-state index contributed by atoms with van der Waals surface area (Å²) in [6.07, 6.45) is 2.18. The third kappa shape index (κ3) is 4.40. The van der Waals surface area contributed by atoms with Gasteiger partial charge in [-0.2, -0.15) is 0 Å². The molecule has 1 amide bonds. The SMILES string of the molecule is NC(CC(=O)N1CCN(Cc2ccccn2)CC1)c1ccccc1. The van der Waals surface area contributed by atoms with Gasteiger partial charge in [-0.15, -0.1) is 0 Å². The van der Waals surface area contributed by atoms with Crippen molar-refractivity contribution >= 4 is 5.91 Å². The van der Waals surface area contributed by atoms with E-state index in [0.717, 1.165) is 44.0 Å². The summed E-state index contributed by atoms with van der Waals surface area (Å²) < 4.78 is 0. The van der Waals surface area contributed by atoms with Crippen LogP contribution >= 0.6 is 0 Å². The highest BCUT2D eigenvalue weighted by Crippen LogP contribution is 2.16. The van der Waals surface area contributed by atoms with Crippen molar-refractivity contribution in [1.82, 2.24) is 14.8 Å². The second-order valence-electron chi connectivity index (χ2n) is 6.20. The van der Waals surface area contributed by atoms with Crippen LogP contribution in [0.15, 0.2) is 54.7 Å². The highest BCUT2D eigenvalue weighted by molar-refractivity contribution is 5.77. The van der Waals surface area contributed by atoms with Gasteiger partial charge in [-0.05, 0) is 17.7 Å². The minimum atomic E-state index is -0.231. The number of aromatic nitrogens is 1. The Bertz CT molecular complexity index is 639. The van der Waals surface area contributed by atoms with Crippen LogP contribution in [0.1, 0.15) is 23.7 Å². The average Bonchev–Trinajstić information content (AvgIpc) is 2.64. The predicted molar refractivity (Wildman–Crippen MR) is 94.1 cm³/mol. The Morgan fingerprint density at radius 1 is 1.04 bits per heavy atom. The molecular formula is C19H24N4O. The summed E-state index contributed by atoms with van der Waals surface area (Å²) in [4.78, 5) is 21.1. The van der Waals surface area contributed by atoms with Gasteiger partial charge in [-0.3, -0.25) is 14.7 Å². The molecule has 0 radical (unpaired) electrons. The molecule has 5 heteroatoms. The zero-order chi connectivity index (χ0) is 16.8. The molecule has 126 valence electrons. The van der Waals surface area contributed by atoms with Crippen LogP contribution in [-0.2, 0) is 11.3 Å². The molecule has 1 atom stereocenters. The maximum absolute atomic E-state index is 12.5. The molecule has 1 aliphatic heterocycles. The van der Waals surface area contributed by atoms with Gasteiger partial charge in [0.05, 0.1) is 5.69 Å². The van der Waals surface area contributed by atoms with E-state index in [-0.39, 0.29) is 11.9 Å². The number of amides is 1. The van der Waals surface area contributed by atoms with Crippen molar-refractivity contribution in [2.75, 3.05) is 26.2 Å². The summed E-state index contributed by atoms with van der Waals surface area (Å²) in [6, 6.07) is 15.6. The van der Waals surface area contributed by atoms with E-state index in [1.807, 2.05) is 59.6 Å². The van der Waals surface area contributed by atoms with Crippen molar-refractivity contribution in [2.45, 2.75) is 19.0 Å². The van der Waals surface area contributed by atoms with E-state index < -0.39 is 0 Å². The molecule has 1 fully saturated rings. The van der Waals surface area contributed by atoms with Crippen LogP contribution in [0.3, 0.4) is 0 Å². The minimum Gasteiger partial charge on any atom is -0.340 e. The molecule has 0 aliphatic carbocycles. The van der Waals surface area contributed by atoms with Crippen LogP contribution in [0.4, 0.5) is 0 Å². The van der Waals surface area contributed by atoms with Crippen molar-refractivity contribution in [1.29, 1.82) is 0 Å². The average molecular weight is 324 g/mol. The third-order valence-corrected chi connectivity index (χ3v) is 4.46. The summed E-state index contributed by atoms with van der Waals surface area (Å²) in [6.45, 7) is 4.11. The molecule has 2 aromatic rings. The maximum Gasteiger partial charge on any atom is 0.224 e. The number of nitrogens with zero attached hydrogens (tertiary/aromatic N) is 3. The molecule has 5 nitrogen and oxygen atoms in total. The molecule has 24 heavy (non-hydrogen) atoms. The number of hydrogen-bond acceptors (Lipinski definition) is 4. The van der Waals surface area contributed by atoms with Crippen LogP contribution in [-0.4, -0.2) is 46.9 Å². The molecular weight excluding hydrogens is 300 g/mol. The molecule has 2 N–H and O–H groups in total. The number of rotatable bonds is 5. The van der Waals surface area contributed by atoms with Gasteiger partial charge in [0.2, 0.25) is 5.91 Å². The summed E-state index contributed by atoms with van der Waals surface area (Å²) in [5.41, 5.74) is 8.25. The minimum absolute atomic E-state index is 0.142. The van der Waals surface area contributed by atoms with E-state index >= 15 is 0 Å². The number of carbonyl (C=O) groups is 1. The zero-order valence-electron chi connectivity index (χ0n) is 13.8. The molecule has 0 spiro atoms. The van der Waals surface area contributed by atoms with Crippen LogP contribution in [0, 0.1) is 0 Å². The largest absolute Gasteiger partial charge is 0.340 e. The molecule has 0 bridgehead atoms. The quantitative estimate of drug-likeness (QED) is 0.911. The van der Waals surface area contributed by atoms with E-state index in [2.05, 4.69) is 9.88 Å². The first-order valence-corrected chi connectivity index (χ1v) is 8.43. The van der Waals surface area contributed by atoms with Crippen molar-refractivity contribution in [3.05, 3.63) is 66.0 Å². The van der Waals surface area contributed by atoms with E-state index in [4.69, 9.17) is 5.73 Å². The second kappa shape index (κ2) is 8.04. The third-order valence-electron chi connectivity index (χ3n) is 4.46. The van der Waals surface area contributed by atoms with Crippen molar-refractivity contribution in [2.24, 2.45) is 5.73 Å². The highest BCUT2D eigenvalue weighted by Gasteiger charge is 2.23. The summed E-state index contributed by atoms with van der Waals surface area (Å²) in [7, 11) is 0. The fraction of sp³-hybridized carbons (Fsp3) is 0.368. The van der Waals surface area contributed by atoms with Crippen LogP contribution in [0.2, 0.25) is 0 Å². The van der Waals surface area contributed by atoms with Crippen molar-refractivity contribution in [3.8, 4) is 0 Å². The fourth-order valence-corrected chi connectivity index (χ4v) is 3.01. The van der Waals surface area contributed by atoms with Gasteiger partial charge >= 0.3 is 0 Å². The fourth-order valence-electron chi connectivity index (χ4n) is 3.01. The predicted octanol–water partition coefficient (Wildman–Crippen LogP) is 1.82. The monoisotopic (exact) mass is 324 g/mol. The summed E-state index contributed by atoms with van der Waals surface area (Å²) >= 11 is 0. The Kier molecular flexibility index (Phi) is 5.56. The lowest BCUT2D eigenvalue weighted by Crippen LogP contribution is -2.48. The molecule has 1 aromatic carbocycles. The summed E-state index contributed by atoms with van der Waals surface area (Å²) in [5, 5.41) is 0. The number of benzene rings is 1. The lowest BCUT2D eigenvalue weighted by atomic mass is 10.0. The number of nitrogens with two attached hydrogens (primary N) is 1. The maximum atomic E-state index is 12.5. The zero-order valence-corrected chi connectivity index (χ0v) is 13.8. The first-order valence-electron chi connectivity index (χ1n) is 8.43. The topological polar surface area (TPSA) is 62.5 Å². The van der Waals surface area contributed by atoms with Gasteiger partial charge < -0.3 is 10.6 Å². The van der Waals surface area contributed by atoms with Gasteiger partial charge in [-0.25, -0.2) is 0 Å². The first-order chi connectivity index (χ1) is 11.7. The molecule has 0 saturated carbocycles. The number of carbonyl (C=O) groups excluding carboxylic acids is 1. The number of pyridine rings is 1. The Hall–Kier alpha value is -2.24. The molecule has 2 heterocycles. The van der Waals surface area contributed by atoms with Crippen molar-refractivity contribution in [3.63, 3.8) is 0 Å². The number of hydrogen-bond donors (Lipinski definition) is 1. The smallest absolute Gasteiger partial charge is 0.224 e. The van der Waals surface area contributed by atoms with E-state index in [9.17, 15) is 4.79 Å². The van der Waals surface area contributed by atoms with Gasteiger partial charge in [0.15, 0.2) is 0 Å². The summed E-state index contributed by atoms with van der Waals surface area (Å²) in [5.74, 6) is 0.142. The second-order valence-corrected chi connectivity index (χ2v) is 6.20. The molecule has 1 aromatic heterocycles. The normalized spacial score (nSPS) is 16.8. The molecule has 3 rings (SSSR count). The van der Waals surface area contributed by atoms with Crippen LogP contribution in [0.25, 0.3) is 0 Å². The van der Waals surface area contributed by atoms with Crippen LogP contribution in [0.5, 0.6) is 0 Å². The lowest BCUT2D eigenvalue weighted by Gasteiger charge is -2.35. The van der Waals surface area contributed by atoms with E-state index in [1.54, 1.807) is 0 Å². The van der Waals surface area contributed by atoms with Crippen molar-refractivity contribution < 1.29 is 4.79 Å². The Balaban J connectivity index is 1.47. The van der Waals surface area contributed by atoms with E-state index in [0.29, 0.717) is 6.42 Å². The van der Waals surface area contributed by atoms with Gasteiger partial charge in [0, 0.05) is 51.4 Å². The van der Waals surface area contributed by atoms with E-state index in [1.165, 1.54) is 0 Å². The lowest BCUT2D eigenvalue weighted by molar-refractivity contribution is -0.133. The highest BCUT2D eigenvalue weighted by atomic mass is 16.2. The molecule has 1 aliphatic rings. The van der Waals surface area contributed by atoms with Gasteiger partial charge in [0.1, 0.15) is 0 Å². The molecule has 1 unspecified atom stereocenters. The van der Waals surface area contributed by atoms with Gasteiger partial charge in [0.25, 0.3) is 0 Å². The Morgan fingerprint density at radius 2 is 1.75 bits per heavy atom. The first kappa shape index (κ1) is 16.6. The van der Waals surface area contributed by atoms with Gasteiger partial charge in [-0.1, -0.05) is 36.4 Å². The number of piperazine rings is 1. The molecule has 1 saturated heterocycles.